The Morgan fingerprint density at radius 3 is 2.12 bits per heavy atom. The molecule has 2 rings (SSSR count). The lowest BCUT2D eigenvalue weighted by Crippen LogP contribution is -1.90. The highest BCUT2D eigenvalue weighted by Gasteiger charge is 2.03. The van der Waals surface area contributed by atoms with E-state index in [0.29, 0.717) is 5.92 Å². The molecule has 1 heteroatoms. The van der Waals surface area contributed by atoms with Gasteiger partial charge in [0.2, 0.25) is 0 Å². The molecule has 0 aliphatic heterocycles. The molecule has 2 N–H and O–H groups in total. The zero-order valence-corrected chi connectivity index (χ0v) is 10.7. The van der Waals surface area contributed by atoms with E-state index in [2.05, 4.69) is 51.1 Å². The van der Waals surface area contributed by atoms with Crippen LogP contribution in [0.4, 0.5) is 5.69 Å². The SMILES string of the molecule is Cc1cc(N)ccc1-c1ccc(C(C)C)cc1. The number of nitrogens with two attached hydrogens (primary N) is 1. The van der Waals surface area contributed by atoms with Crippen LogP contribution in [-0.2, 0) is 0 Å². The summed E-state index contributed by atoms with van der Waals surface area (Å²) in [6.45, 7) is 6.52. The van der Waals surface area contributed by atoms with Crippen LogP contribution in [0.3, 0.4) is 0 Å². The molecule has 2 aromatic carbocycles. The van der Waals surface area contributed by atoms with E-state index < -0.39 is 0 Å². The highest BCUT2D eigenvalue weighted by atomic mass is 14.5. The van der Waals surface area contributed by atoms with E-state index in [4.69, 9.17) is 5.73 Å². The van der Waals surface area contributed by atoms with E-state index >= 15 is 0 Å². The molecule has 0 amide bonds. The molecule has 17 heavy (non-hydrogen) atoms. The van der Waals surface area contributed by atoms with Gasteiger partial charge in [-0.2, -0.15) is 0 Å². The Hall–Kier alpha value is -1.76. The lowest BCUT2D eigenvalue weighted by atomic mass is 9.96. The fraction of sp³-hybridized carbons (Fsp3) is 0.250. The van der Waals surface area contributed by atoms with Crippen molar-refractivity contribution >= 4 is 5.69 Å². The quantitative estimate of drug-likeness (QED) is 0.755. The molecular formula is C16H19N. The van der Waals surface area contributed by atoms with Gasteiger partial charge >= 0.3 is 0 Å². The molecular weight excluding hydrogens is 206 g/mol. The van der Waals surface area contributed by atoms with Crippen molar-refractivity contribution in [2.24, 2.45) is 0 Å². The second-order valence-corrected chi connectivity index (χ2v) is 4.85. The van der Waals surface area contributed by atoms with Gasteiger partial charge in [0.15, 0.2) is 0 Å². The highest BCUT2D eigenvalue weighted by Crippen LogP contribution is 2.26. The Balaban J connectivity index is 2.40. The fourth-order valence-electron chi connectivity index (χ4n) is 2.06. The summed E-state index contributed by atoms with van der Waals surface area (Å²) < 4.78 is 0. The van der Waals surface area contributed by atoms with Crippen molar-refractivity contribution in [3.8, 4) is 11.1 Å². The number of anilines is 1. The Morgan fingerprint density at radius 1 is 0.941 bits per heavy atom. The summed E-state index contributed by atoms with van der Waals surface area (Å²) in [5.74, 6) is 0.580. The number of rotatable bonds is 2. The summed E-state index contributed by atoms with van der Waals surface area (Å²) in [5.41, 5.74) is 11.7. The standard InChI is InChI=1S/C16H19N/c1-11(2)13-4-6-14(7-5-13)16-9-8-15(17)10-12(16)3/h4-11H,17H2,1-3H3. The summed E-state index contributed by atoms with van der Waals surface area (Å²) in [6, 6.07) is 14.9. The van der Waals surface area contributed by atoms with Gasteiger partial charge in [-0.05, 0) is 47.2 Å². The zero-order chi connectivity index (χ0) is 12.4. The fourth-order valence-corrected chi connectivity index (χ4v) is 2.06. The maximum Gasteiger partial charge on any atom is 0.0317 e. The molecule has 0 bridgehead atoms. The van der Waals surface area contributed by atoms with Crippen LogP contribution in [0.1, 0.15) is 30.9 Å². The van der Waals surface area contributed by atoms with Crippen molar-refractivity contribution in [3.63, 3.8) is 0 Å². The predicted molar refractivity (Wildman–Crippen MR) is 75.1 cm³/mol. The third-order valence-electron chi connectivity index (χ3n) is 3.14. The van der Waals surface area contributed by atoms with E-state index in [1.54, 1.807) is 0 Å². The smallest absolute Gasteiger partial charge is 0.0317 e. The molecule has 0 aromatic heterocycles. The van der Waals surface area contributed by atoms with Crippen molar-refractivity contribution < 1.29 is 0 Å². The maximum absolute atomic E-state index is 5.77. The first-order valence-electron chi connectivity index (χ1n) is 6.04. The zero-order valence-electron chi connectivity index (χ0n) is 10.7. The predicted octanol–water partition coefficient (Wildman–Crippen LogP) is 4.37. The highest BCUT2D eigenvalue weighted by molar-refractivity contribution is 5.69. The van der Waals surface area contributed by atoms with E-state index in [9.17, 15) is 0 Å². The molecule has 0 radical (unpaired) electrons. The number of nitrogen functional groups attached to an aromatic ring is 1. The lowest BCUT2D eigenvalue weighted by Gasteiger charge is -2.09. The summed E-state index contributed by atoms with van der Waals surface area (Å²) in [7, 11) is 0. The average molecular weight is 225 g/mol. The molecule has 0 fully saturated rings. The summed E-state index contributed by atoms with van der Waals surface area (Å²) in [6.07, 6.45) is 0. The molecule has 0 aliphatic carbocycles. The van der Waals surface area contributed by atoms with Gasteiger partial charge in [0.05, 0.1) is 0 Å². The van der Waals surface area contributed by atoms with E-state index in [1.807, 2.05) is 12.1 Å². The monoisotopic (exact) mass is 225 g/mol. The van der Waals surface area contributed by atoms with Crippen molar-refractivity contribution in [1.29, 1.82) is 0 Å². The third kappa shape index (κ3) is 2.50. The van der Waals surface area contributed by atoms with Gasteiger partial charge in [0.25, 0.3) is 0 Å². The van der Waals surface area contributed by atoms with Crippen LogP contribution < -0.4 is 5.73 Å². The average Bonchev–Trinajstić information content (AvgIpc) is 2.29. The normalized spacial score (nSPS) is 10.8. The topological polar surface area (TPSA) is 26.0 Å². The minimum absolute atomic E-state index is 0.580. The van der Waals surface area contributed by atoms with Gasteiger partial charge < -0.3 is 5.73 Å². The van der Waals surface area contributed by atoms with Gasteiger partial charge in [0.1, 0.15) is 0 Å². The van der Waals surface area contributed by atoms with Gasteiger partial charge in [0, 0.05) is 5.69 Å². The summed E-state index contributed by atoms with van der Waals surface area (Å²) >= 11 is 0. The van der Waals surface area contributed by atoms with Gasteiger partial charge in [-0.25, -0.2) is 0 Å². The Morgan fingerprint density at radius 2 is 1.59 bits per heavy atom. The molecule has 1 nitrogen and oxygen atoms in total. The number of hydrogen-bond donors (Lipinski definition) is 1. The second kappa shape index (κ2) is 4.62. The molecule has 0 saturated heterocycles. The van der Waals surface area contributed by atoms with Crippen LogP contribution in [0.2, 0.25) is 0 Å². The first kappa shape index (κ1) is 11.7. The van der Waals surface area contributed by atoms with Crippen LogP contribution in [-0.4, -0.2) is 0 Å². The number of benzene rings is 2. The first-order chi connectivity index (χ1) is 8.08. The Labute approximate surface area is 103 Å². The molecule has 2 aromatic rings. The van der Waals surface area contributed by atoms with Gasteiger partial charge in [-0.3, -0.25) is 0 Å². The largest absolute Gasteiger partial charge is 0.399 e. The lowest BCUT2D eigenvalue weighted by molar-refractivity contribution is 0.867. The van der Waals surface area contributed by atoms with Crippen LogP contribution in [0, 0.1) is 6.92 Å². The molecule has 0 aliphatic rings. The Bertz CT molecular complexity index is 510. The summed E-state index contributed by atoms with van der Waals surface area (Å²) in [5, 5.41) is 0. The van der Waals surface area contributed by atoms with Crippen LogP contribution >= 0.6 is 0 Å². The molecule has 88 valence electrons. The van der Waals surface area contributed by atoms with Crippen molar-refractivity contribution in [2.75, 3.05) is 5.73 Å². The minimum Gasteiger partial charge on any atom is -0.399 e. The van der Waals surface area contributed by atoms with E-state index in [0.717, 1.165) is 5.69 Å². The minimum atomic E-state index is 0.580. The van der Waals surface area contributed by atoms with Crippen molar-refractivity contribution in [2.45, 2.75) is 26.7 Å². The third-order valence-corrected chi connectivity index (χ3v) is 3.14. The number of hydrogen-bond acceptors (Lipinski definition) is 1. The van der Waals surface area contributed by atoms with Crippen LogP contribution in [0.15, 0.2) is 42.5 Å². The van der Waals surface area contributed by atoms with Crippen LogP contribution in [0.25, 0.3) is 11.1 Å². The molecule has 0 spiro atoms. The van der Waals surface area contributed by atoms with Crippen molar-refractivity contribution in [3.05, 3.63) is 53.6 Å². The second-order valence-electron chi connectivity index (χ2n) is 4.85. The van der Waals surface area contributed by atoms with E-state index in [1.165, 1.54) is 22.3 Å². The van der Waals surface area contributed by atoms with Gasteiger partial charge in [-0.1, -0.05) is 44.2 Å². The molecule has 0 saturated carbocycles. The summed E-state index contributed by atoms with van der Waals surface area (Å²) in [4.78, 5) is 0. The van der Waals surface area contributed by atoms with Crippen molar-refractivity contribution in [1.82, 2.24) is 0 Å². The maximum atomic E-state index is 5.77. The number of aryl methyl sites for hydroxylation is 1. The Kier molecular flexibility index (Phi) is 3.19. The first-order valence-corrected chi connectivity index (χ1v) is 6.04. The van der Waals surface area contributed by atoms with Gasteiger partial charge in [-0.15, -0.1) is 0 Å². The van der Waals surface area contributed by atoms with Crippen LogP contribution in [0.5, 0.6) is 0 Å². The molecule has 0 unspecified atom stereocenters. The molecule has 0 atom stereocenters. The molecule has 0 heterocycles. The van der Waals surface area contributed by atoms with E-state index in [-0.39, 0.29) is 0 Å².